The van der Waals surface area contributed by atoms with Crippen LogP contribution in [0.4, 0.5) is 5.69 Å². The molecule has 2 aliphatic carbocycles. The SMILES string of the molecule is COc1cc(C(=O)N2CCC3CC3(N)C2)cc2nc(-c3cc4cccc5c4n3CCN5CCCO)n(CC3CC3)c12. The van der Waals surface area contributed by atoms with E-state index in [4.69, 9.17) is 15.5 Å². The Hall–Kier alpha value is -3.56. The van der Waals surface area contributed by atoms with Crippen LogP contribution >= 0.6 is 0 Å². The van der Waals surface area contributed by atoms with E-state index in [2.05, 4.69) is 38.3 Å². The van der Waals surface area contributed by atoms with Crippen LogP contribution in [-0.4, -0.2) is 75.5 Å². The number of hydrogen-bond acceptors (Lipinski definition) is 6. The summed E-state index contributed by atoms with van der Waals surface area (Å²) in [5, 5.41) is 10.6. The number of benzene rings is 2. The summed E-state index contributed by atoms with van der Waals surface area (Å²) >= 11 is 0. The number of piperidine rings is 1. The summed E-state index contributed by atoms with van der Waals surface area (Å²) in [6.07, 6.45) is 5.20. The fourth-order valence-electron chi connectivity index (χ4n) is 7.34. The van der Waals surface area contributed by atoms with E-state index in [0.717, 1.165) is 74.5 Å². The highest BCUT2D eigenvalue weighted by atomic mass is 16.5. The third-order valence-electron chi connectivity index (χ3n) is 9.86. The molecule has 4 heterocycles. The lowest BCUT2D eigenvalue weighted by atomic mass is 10.0. The Morgan fingerprint density at radius 2 is 2.02 bits per heavy atom. The minimum atomic E-state index is -0.202. The van der Waals surface area contributed by atoms with Crippen LogP contribution in [-0.2, 0) is 13.1 Å². The van der Waals surface area contributed by atoms with Crippen LogP contribution in [0.1, 0.15) is 42.5 Å². The second-order valence-electron chi connectivity index (χ2n) is 12.6. The number of ether oxygens (including phenoxy) is 1. The molecule has 214 valence electrons. The van der Waals surface area contributed by atoms with Crippen molar-refractivity contribution < 1.29 is 14.6 Å². The number of anilines is 1. The lowest BCUT2D eigenvalue weighted by molar-refractivity contribution is 0.0703. The van der Waals surface area contributed by atoms with Crippen molar-refractivity contribution in [1.29, 1.82) is 0 Å². The number of nitrogens with two attached hydrogens (primary N) is 1. The summed E-state index contributed by atoms with van der Waals surface area (Å²) in [6.45, 7) is 5.03. The summed E-state index contributed by atoms with van der Waals surface area (Å²) < 4.78 is 10.7. The Balaban J connectivity index is 1.25. The van der Waals surface area contributed by atoms with E-state index >= 15 is 0 Å². The van der Waals surface area contributed by atoms with E-state index in [9.17, 15) is 9.90 Å². The Labute approximate surface area is 239 Å². The van der Waals surface area contributed by atoms with Crippen LogP contribution in [0.15, 0.2) is 36.4 Å². The molecule has 0 radical (unpaired) electrons. The smallest absolute Gasteiger partial charge is 0.254 e. The van der Waals surface area contributed by atoms with Crippen molar-refractivity contribution in [2.75, 3.05) is 44.8 Å². The Morgan fingerprint density at radius 1 is 1.15 bits per heavy atom. The standard InChI is InChI=1S/C32H38N6O3/c1-41-27-16-22(31(40)36-10-8-23-17-32(23,33)19-36)14-24-29(27)38(18-20-6-7-20)30(34-24)26-15-21-4-2-5-25-28(21)37(26)12-11-35(25)9-3-13-39/h2,4-5,14-16,20,23,39H,3,6-13,17-19,33H2,1H3. The second kappa shape index (κ2) is 9.22. The topological polar surface area (TPSA) is 102 Å². The second-order valence-corrected chi connectivity index (χ2v) is 12.6. The number of amides is 1. The van der Waals surface area contributed by atoms with Gasteiger partial charge in [0.25, 0.3) is 5.91 Å². The maximum atomic E-state index is 13.7. The van der Waals surface area contributed by atoms with Crippen molar-refractivity contribution in [3.63, 3.8) is 0 Å². The number of methoxy groups -OCH3 is 1. The fraction of sp³-hybridized carbons (Fsp3) is 0.500. The monoisotopic (exact) mass is 554 g/mol. The molecule has 3 N–H and O–H groups in total. The molecular formula is C32H38N6O3. The van der Waals surface area contributed by atoms with Gasteiger partial charge in [-0.15, -0.1) is 0 Å². The normalized spacial score (nSPS) is 23.3. The molecule has 2 atom stereocenters. The molecule has 2 aromatic carbocycles. The van der Waals surface area contributed by atoms with Gasteiger partial charge in [-0.2, -0.15) is 0 Å². The average molecular weight is 555 g/mol. The van der Waals surface area contributed by atoms with E-state index in [1.54, 1.807) is 7.11 Å². The molecule has 41 heavy (non-hydrogen) atoms. The molecule has 9 nitrogen and oxygen atoms in total. The molecule has 0 bridgehead atoms. The number of hydrogen-bond donors (Lipinski definition) is 2. The first-order valence-corrected chi connectivity index (χ1v) is 15.1. The summed E-state index contributed by atoms with van der Waals surface area (Å²) in [5.41, 5.74) is 12.2. The molecule has 1 saturated heterocycles. The van der Waals surface area contributed by atoms with Crippen molar-refractivity contribution in [1.82, 2.24) is 19.0 Å². The van der Waals surface area contributed by atoms with Crippen LogP contribution in [0, 0.1) is 11.8 Å². The first-order chi connectivity index (χ1) is 20.0. The molecule has 0 spiro atoms. The number of aliphatic hydroxyl groups excluding tert-OH is 1. The molecule has 9 heteroatoms. The van der Waals surface area contributed by atoms with Gasteiger partial charge in [0.1, 0.15) is 11.3 Å². The number of likely N-dealkylation sites (tertiary alicyclic amines) is 1. The molecule has 2 aromatic heterocycles. The summed E-state index contributed by atoms with van der Waals surface area (Å²) in [5.74, 6) is 2.83. The van der Waals surface area contributed by atoms with Gasteiger partial charge in [-0.1, -0.05) is 12.1 Å². The number of imidazole rings is 1. The predicted octanol–water partition coefficient (Wildman–Crippen LogP) is 3.84. The van der Waals surface area contributed by atoms with Crippen molar-refractivity contribution >= 4 is 33.5 Å². The van der Waals surface area contributed by atoms with Crippen molar-refractivity contribution in [2.24, 2.45) is 17.6 Å². The number of aliphatic hydroxyl groups is 1. The van der Waals surface area contributed by atoms with Crippen LogP contribution in [0.25, 0.3) is 33.5 Å². The first-order valence-electron chi connectivity index (χ1n) is 15.1. The number of carbonyl (C=O) groups is 1. The fourth-order valence-corrected chi connectivity index (χ4v) is 7.34. The first kappa shape index (κ1) is 25.2. The number of nitrogens with zero attached hydrogens (tertiary/aromatic N) is 5. The molecule has 4 aromatic rings. The van der Waals surface area contributed by atoms with Crippen LogP contribution < -0.4 is 15.4 Å². The van der Waals surface area contributed by atoms with Crippen molar-refractivity contribution in [2.45, 2.75) is 50.7 Å². The Kier molecular flexibility index (Phi) is 5.66. The van der Waals surface area contributed by atoms with Gasteiger partial charge in [-0.25, -0.2) is 4.98 Å². The molecule has 8 rings (SSSR count). The van der Waals surface area contributed by atoms with Gasteiger partial charge >= 0.3 is 0 Å². The van der Waals surface area contributed by atoms with Crippen molar-refractivity contribution in [3.05, 3.63) is 42.0 Å². The van der Waals surface area contributed by atoms with E-state index in [-0.39, 0.29) is 18.1 Å². The average Bonchev–Trinajstić information content (AvgIpc) is 3.86. The zero-order valence-electron chi connectivity index (χ0n) is 23.7. The van der Waals surface area contributed by atoms with Gasteiger partial charge in [0.15, 0.2) is 5.82 Å². The minimum Gasteiger partial charge on any atom is -0.494 e. The van der Waals surface area contributed by atoms with Crippen LogP contribution in [0.5, 0.6) is 5.75 Å². The van der Waals surface area contributed by atoms with E-state index in [1.807, 2.05) is 17.0 Å². The van der Waals surface area contributed by atoms with Gasteiger partial charge in [0.05, 0.1) is 29.5 Å². The Bertz CT molecular complexity index is 1690. The third kappa shape index (κ3) is 4.04. The van der Waals surface area contributed by atoms with E-state index < -0.39 is 0 Å². The van der Waals surface area contributed by atoms with E-state index in [0.29, 0.717) is 29.7 Å². The molecule has 4 aliphatic rings. The molecule has 1 amide bonds. The maximum Gasteiger partial charge on any atom is 0.254 e. The highest BCUT2D eigenvalue weighted by Crippen LogP contribution is 2.47. The summed E-state index contributed by atoms with van der Waals surface area (Å²) in [7, 11) is 1.68. The summed E-state index contributed by atoms with van der Waals surface area (Å²) in [6, 6.07) is 12.6. The maximum absolute atomic E-state index is 13.7. The zero-order chi connectivity index (χ0) is 27.9. The molecular weight excluding hydrogens is 516 g/mol. The molecule has 3 fully saturated rings. The van der Waals surface area contributed by atoms with Crippen LogP contribution in [0.3, 0.4) is 0 Å². The lowest BCUT2D eigenvalue weighted by Gasteiger charge is -2.31. The van der Waals surface area contributed by atoms with Gasteiger partial charge in [0.2, 0.25) is 0 Å². The number of aromatic nitrogens is 3. The number of para-hydroxylation sites is 1. The largest absolute Gasteiger partial charge is 0.494 e. The van der Waals surface area contributed by atoms with Gasteiger partial charge in [-0.3, -0.25) is 4.79 Å². The quantitative estimate of drug-likeness (QED) is 0.343. The summed E-state index contributed by atoms with van der Waals surface area (Å²) in [4.78, 5) is 23.2. The molecule has 2 saturated carbocycles. The minimum absolute atomic E-state index is 0.00907. The highest BCUT2D eigenvalue weighted by molar-refractivity contribution is 6.01. The Morgan fingerprint density at radius 3 is 2.80 bits per heavy atom. The van der Waals surface area contributed by atoms with Gasteiger partial charge in [-0.05, 0) is 68.2 Å². The number of rotatable bonds is 8. The lowest BCUT2D eigenvalue weighted by Crippen LogP contribution is -2.48. The molecule has 2 aliphatic heterocycles. The van der Waals surface area contributed by atoms with Crippen molar-refractivity contribution in [3.8, 4) is 17.3 Å². The number of fused-ring (bicyclic) bond motifs is 2. The zero-order valence-corrected chi connectivity index (χ0v) is 23.7. The highest BCUT2D eigenvalue weighted by Gasteiger charge is 2.54. The van der Waals surface area contributed by atoms with Crippen LogP contribution in [0.2, 0.25) is 0 Å². The molecule has 2 unspecified atom stereocenters. The van der Waals surface area contributed by atoms with Gasteiger partial charge in [0, 0.05) is 62.4 Å². The number of carbonyl (C=O) groups excluding carboxylic acids is 1. The van der Waals surface area contributed by atoms with E-state index in [1.165, 1.54) is 29.4 Å². The third-order valence-corrected chi connectivity index (χ3v) is 9.86. The predicted molar refractivity (Wildman–Crippen MR) is 159 cm³/mol. The van der Waals surface area contributed by atoms with Gasteiger partial charge < -0.3 is 34.5 Å².